The van der Waals surface area contributed by atoms with Gasteiger partial charge < -0.3 is 30.7 Å². The fraction of sp³-hybridized carbons (Fsp3) is 0.524. The molecule has 0 saturated carbocycles. The number of carbonyl (C=O) groups excluding carboxylic acids is 4. The summed E-state index contributed by atoms with van der Waals surface area (Å²) >= 11 is 5.96. The second kappa shape index (κ2) is 10.2. The third-order valence-corrected chi connectivity index (χ3v) is 5.77. The van der Waals surface area contributed by atoms with Gasteiger partial charge in [0.25, 0.3) is 5.91 Å². The molecule has 0 spiro atoms. The molecule has 0 radical (unpaired) electrons. The monoisotopic (exact) mass is 466 g/mol. The van der Waals surface area contributed by atoms with Gasteiger partial charge in [-0.15, -0.1) is 0 Å². The number of halogens is 1. The average Bonchev–Trinajstić information content (AvgIpc) is 3.36. The van der Waals surface area contributed by atoms with E-state index in [1.54, 1.807) is 13.8 Å². The minimum absolute atomic E-state index is 0.00762. The standard InChI is InChI=1S/C21H27ClN4O6/c1-3-31-21-15(10-17(27)32-21)25-19(29)16-5-4-8-26(16)20(30)11(2)24-18(28)12-6-7-14(23)13(22)9-12/h6-7,9,11,15-16,21H,3-5,8,10,23H2,1-2H3,(H,24,28)(H,25,29)/t11-,15?,16-,21?/m0/s1. The van der Waals surface area contributed by atoms with Crippen molar-refractivity contribution in [2.24, 2.45) is 0 Å². The van der Waals surface area contributed by atoms with E-state index in [-0.39, 0.29) is 28.8 Å². The Kier molecular flexibility index (Phi) is 7.57. The van der Waals surface area contributed by atoms with Gasteiger partial charge in [0.1, 0.15) is 18.1 Å². The molecule has 2 fully saturated rings. The number of anilines is 1. The molecule has 4 atom stereocenters. The summed E-state index contributed by atoms with van der Waals surface area (Å²) in [6, 6.07) is 2.28. The maximum Gasteiger partial charge on any atom is 0.310 e. The number of esters is 1. The van der Waals surface area contributed by atoms with Gasteiger partial charge in [-0.2, -0.15) is 0 Å². The van der Waals surface area contributed by atoms with Gasteiger partial charge in [-0.3, -0.25) is 19.2 Å². The first kappa shape index (κ1) is 23.8. The van der Waals surface area contributed by atoms with E-state index >= 15 is 0 Å². The Balaban J connectivity index is 1.61. The predicted octanol–water partition coefficient (Wildman–Crippen LogP) is 0.826. The molecule has 32 heavy (non-hydrogen) atoms. The van der Waals surface area contributed by atoms with E-state index in [4.69, 9.17) is 26.8 Å². The Labute approximate surface area is 190 Å². The van der Waals surface area contributed by atoms with Crippen molar-refractivity contribution < 1.29 is 28.7 Å². The number of rotatable bonds is 7. The third kappa shape index (κ3) is 5.31. The summed E-state index contributed by atoms with van der Waals surface area (Å²) in [5, 5.41) is 5.65. The highest BCUT2D eigenvalue weighted by Gasteiger charge is 2.41. The zero-order valence-corrected chi connectivity index (χ0v) is 18.7. The van der Waals surface area contributed by atoms with Gasteiger partial charge in [0.05, 0.1) is 17.1 Å². The summed E-state index contributed by atoms with van der Waals surface area (Å²) in [6.45, 7) is 4.03. The number of hydrogen-bond acceptors (Lipinski definition) is 7. The molecule has 3 rings (SSSR count). The Morgan fingerprint density at radius 3 is 2.81 bits per heavy atom. The van der Waals surface area contributed by atoms with E-state index in [2.05, 4.69) is 10.6 Å². The number of benzene rings is 1. The lowest BCUT2D eigenvalue weighted by atomic mass is 10.1. The van der Waals surface area contributed by atoms with Crippen molar-refractivity contribution in [3.8, 4) is 0 Å². The van der Waals surface area contributed by atoms with Crippen LogP contribution in [0.5, 0.6) is 0 Å². The number of nitrogens with two attached hydrogens (primary N) is 1. The fourth-order valence-corrected chi connectivity index (χ4v) is 3.99. The Hall–Kier alpha value is -2.85. The van der Waals surface area contributed by atoms with Gasteiger partial charge in [0.15, 0.2) is 0 Å². The zero-order valence-electron chi connectivity index (χ0n) is 17.9. The highest BCUT2D eigenvalue weighted by Crippen LogP contribution is 2.22. The lowest BCUT2D eigenvalue weighted by Gasteiger charge is -2.28. The van der Waals surface area contributed by atoms with Gasteiger partial charge in [-0.1, -0.05) is 11.6 Å². The quantitative estimate of drug-likeness (QED) is 0.399. The van der Waals surface area contributed by atoms with Crippen LogP contribution in [0.2, 0.25) is 5.02 Å². The second-order valence-electron chi connectivity index (χ2n) is 7.75. The summed E-state index contributed by atoms with van der Waals surface area (Å²) < 4.78 is 10.4. The smallest absolute Gasteiger partial charge is 0.310 e. The van der Waals surface area contributed by atoms with Crippen LogP contribution in [0.25, 0.3) is 0 Å². The Bertz CT molecular complexity index is 910. The van der Waals surface area contributed by atoms with E-state index in [9.17, 15) is 19.2 Å². The van der Waals surface area contributed by atoms with Crippen LogP contribution in [-0.2, 0) is 23.9 Å². The number of nitrogen functional groups attached to an aromatic ring is 1. The molecule has 3 amide bonds. The highest BCUT2D eigenvalue weighted by molar-refractivity contribution is 6.33. The topological polar surface area (TPSA) is 140 Å². The van der Waals surface area contributed by atoms with Crippen molar-refractivity contribution in [2.45, 2.75) is 57.5 Å². The van der Waals surface area contributed by atoms with Crippen molar-refractivity contribution in [1.29, 1.82) is 0 Å². The minimum Gasteiger partial charge on any atom is -0.433 e. The molecular formula is C21H27ClN4O6. The lowest BCUT2D eigenvalue weighted by molar-refractivity contribution is -0.164. The number of amides is 3. The maximum absolute atomic E-state index is 13.0. The second-order valence-corrected chi connectivity index (χ2v) is 8.16. The van der Waals surface area contributed by atoms with Gasteiger partial charge in [-0.25, -0.2) is 0 Å². The van der Waals surface area contributed by atoms with Crippen molar-refractivity contribution >= 4 is 41.0 Å². The van der Waals surface area contributed by atoms with Crippen LogP contribution in [-0.4, -0.2) is 66.2 Å². The van der Waals surface area contributed by atoms with Crippen LogP contribution in [0.3, 0.4) is 0 Å². The summed E-state index contributed by atoms with van der Waals surface area (Å²) in [7, 11) is 0. The van der Waals surface area contributed by atoms with Crippen molar-refractivity contribution in [3.05, 3.63) is 28.8 Å². The molecule has 2 aliphatic rings. The molecule has 2 unspecified atom stereocenters. The van der Waals surface area contributed by atoms with E-state index < -0.39 is 36.3 Å². The van der Waals surface area contributed by atoms with Crippen molar-refractivity contribution in [2.75, 3.05) is 18.9 Å². The van der Waals surface area contributed by atoms with Gasteiger partial charge >= 0.3 is 5.97 Å². The predicted molar refractivity (Wildman–Crippen MR) is 116 cm³/mol. The largest absolute Gasteiger partial charge is 0.433 e. The summed E-state index contributed by atoms with van der Waals surface area (Å²) in [5.74, 6) is -1.69. The SMILES string of the molecule is CCOC1OC(=O)CC1NC(=O)[C@@H]1CCCN1C(=O)[C@H](C)NC(=O)c1ccc(N)c(Cl)c1. The number of carbonyl (C=O) groups is 4. The molecular weight excluding hydrogens is 440 g/mol. The third-order valence-electron chi connectivity index (χ3n) is 5.44. The summed E-state index contributed by atoms with van der Waals surface area (Å²) in [4.78, 5) is 51.4. The van der Waals surface area contributed by atoms with E-state index in [0.29, 0.717) is 31.7 Å². The molecule has 174 valence electrons. The van der Waals surface area contributed by atoms with E-state index in [0.717, 1.165) is 0 Å². The molecule has 11 heteroatoms. The van der Waals surface area contributed by atoms with Crippen LogP contribution >= 0.6 is 11.6 Å². The van der Waals surface area contributed by atoms with Gasteiger partial charge in [-0.05, 0) is 44.9 Å². The maximum atomic E-state index is 13.0. The van der Waals surface area contributed by atoms with Crippen molar-refractivity contribution in [1.82, 2.24) is 15.5 Å². The van der Waals surface area contributed by atoms with Crippen molar-refractivity contribution in [3.63, 3.8) is 0 Å². The summed E-state index contributed by atoms with van der Waals surface area (Å²) in [6.07, 6.45) is 0.292. The molecule has 2 saturated heterocycles. The van der Waals surface area contributed by atoms with E-state index in [1.807, 2.05) is 0 Å². The molecule has 0 aromatic heterocycles. The molecule has 1 aromatic carbocycles. The number of nitrogens with one attached hydrogen (secondary N) is 2. The summed E-state index contributed by atoms with van der Waals surface area (Å²) in [5.41, 5.74) is 6.28. The van der Waals surface area contributed by atoms with Crippen LogP contribution in [0.1, 0.15) is 43.5 Å². The first-order valence-electron chi connectivity index (χ1n) is 10.5. The molecule has 4 N–H and O–H groups in total. The fourth-order valence-electron chi connectivity index (χ4n) is 3.81. The molecule has 10 nitrogen and oxygen atoms in total. The van der Waals surface area contributed by atoms with Gasteiger partial charge in [0, 0.05) is 18.7 Å². The molecule has 2 heterocycles. The number of likely N-dealkylation sites (tertiary alicyclic amines) is 1. The van der Waals surface area contributed by atoms with Gasteiger partial charge in [0.2, 0.25) is 18.1 Å². The first-order valence-corrected chi connectivity index (χ1v) is 10.9. The average molecular weight is 467 g/mol. The highest BCUT2D eigenvalue weighted by atomic mass is 35.5. The number of ether oxygens (including phenoxy) is 2. The van der Waals surface area contributed by atoms with E-state index in [1.165, 1.54) is 23.1 Å². The van der Waals surface area contributed by atoms with Crippen LogP contribution < -0.4 is 16.4 Å². The number of nitrogens with zero attached hydrogens (tertiary/aromatic N) is 1. The molecule has 0 bridgehead atoms. The molecule has 1 aromatic rings. The molecule has 2 aliphatic heterocycles. The lowest BCUT2D eigenvalue weighted by Crippen LogP contribution is -2.54. The number of cyclic esters (lactones) is 1. The normalized spacial score (nSPS) is 23.5. The number of hydrogen-bond donors (Lipinski definition) is 3. The van der Waals surface area contributed by atoms with Crippen LogP contribution in [0, 0.1) is 0 Å². The van der Waals surface area contributed by atoms with Crippen LogP contribution in [0.4, 0.5) is 5.69 Å². The minimum atomic E-state index is -0.861. The first-order chi connectivity index (χ1) is 15.2. The Morgan fingerprint density at radius 1 is 1.38 bits per heavy atom. The Morgan fingerprint density at radius 2 is 2.12 bits per heavy atom. The zero-order chi connectivity index (χ0) is 23.4. The van der Waals surface area contributed by atoms with Crippen LogP contribution in [0.15, 0.2) is 18.2 Å². The molecule has 0 aliphatic carbocycles.